The van der Waals surface area contributed by atoms with E-state index in [0.29, 0.717) is 23.9 Å². The number of benzene rings is 1. The number of aryl methyl sites for hydroxylation is 1. The summed E-state index contributed by atoms with van der Waals surface area (Å²) in [5, 5.41) is 6.09. The third kappa shape index (κ3) is 5.22. The predicted molar refractivity (Wildman–Crippen MR) is 94.9 cm³/mol. The number of carbonyl (C=O) groups excluding carboxylic acids is 1. The zero-order valence-electron chi connectivity index (χ0n) is 14.8. The Bertz CT molecular complexity index is 706. The van der Waals surface area contributed by atoms with E-state index in [-0.39, 0.29) is 11.4 Å². The van der Waals surface area contributed by atoms with Crippen LogP contribution in [-0.2, 0) is 0 Å². The van der Waals surface area contributed by atoms with Crippen LogP contribution in [0.25, 0.3) is 0 Å². The van der Waals surface area contributed by atoms with Crippen molar-refractivity contribution in [3.8, 4) is 5.75 Å². The highest BCUT2D eigenvalue weighted by molar-refractivity contribution is 5.93. The van der Waals surface area contributed by atoms with Crippen molar-refractivity contribution in [2.75, 3.05) is 11.9 Å². The molecule has 1 amide bonds. The highest BCUT2D eigenvalue weighted by atomic mass is 16.5. The van der Waals surface area contributed by atoms with E-state index in [9.17, 15) is 4.79 Å². The molecule has 0 spiro atoms. The van der Waals surface area contributed by atoms with Crippen LogP contribution in [0.5, 0.6) is 5.75 Å². The first-order valence-electron chi connectivity index (χ1n) is 7.95. The average Bonchev–Trinajstić information content (AvgIpc) is 2.47. The van der Waals surface area contributed by atoms with Gasteiger partial charge in [-0.2, -0.15) is 0 Å². The molecular formula is C18H24N4O2. The van der Waals surface area contributed by atoms with Crippen LogP contribution in [0.15, 0.2) is 30.3 Å². The van der Waals surface area contributed by atoms with Gasteiger partial charge in [0, 0.05) is 17.3 Å². The van der Waals surface area contributed by atoms with E-state index in [1.807, 2.05) is 52.0 Å². The van der Waals surface area contributed by atoms with Gasteiger partial charge in [0.2, 0.25) is 0 Å². The van der Waals surface area contributed by atoms with Gasteiger partial charge in [0.25, 0.3) is 5.91 Å². The summed E-state index contributed by atoms with van der Waals surface area (Å²) in [6, 6.07) is 9.21. The fourth-order valence-electron chi connectivity index (χ4n) is 2.10. The summed E-state index contributed by atoms with van der Waals surface area (Å²) in [6.07, 6.45) is 0. The van der Waals surface area contributed by atoms with E-state index >= 15 is 0 Å². The molecule has 1 heterocycles. The van der Waals surface area contributed by atoms with Crippen LogP contribution < -0.4 is 15.4 Å². The minimum atomic E-state index is -0.321. The molecule has 0 fully saturated rings. The molecule has 0 saturated carbocycles. The molecular weight excluding hydrogens is 304 g/mol. The second kappa shape index (κ2) is 7.29. The topological polar surface area (TPSA) is 76.1 Å². The summed E-state index contributed by atoms with van der Waals surface area (Å²) in [7, 11) is 0. The lowest BCUT2D eigenvalue weighted by Crippen LogP contribution is -2.41. The second-order valence-corrected chi connectivity index (χ2v) is 6.47. The van der Waals surface area contributed by atoms with Crippen LogP contribution in [0.2, 0.25) is 0 Å². The zero-order chi connectivity index (χ0) is 17.7. The summed E-state index contributed by atoms with van der Waals surface area (Å²) < 4.78 is 5.42. The Kier molecular flexibility index (Phi) is 5.39. The van der Waals surface area contributed by atoms with Crippen molar-refractivity contribution < 1.29 is 9.53 Å². The highest BCUT2D eigenvalue weighted by Crippen LogP contribution is 2.19. The van der Waals surface area contributed by atoms with Crippen LogP contribution in [0.1, 0.15) is 44.0 Å². The van der Waals surface area contributed by atoms with Gasteiger partial charge < -0.3 is 15.4 Å². The monoisotopic (exact) mass is 328 g/mol. The van der Waals surface area contributed by atoms with Gasteiger partial charge in [0.15, 0.2) is 0 Å². The SMILES string of the molecule is CCOc1ccc(Nc2cc(C(=O)NC(C)(C)C)nc(C)n2)cc1. The van der Waals surface area contributed by atoms with Crippen molar-refractivity contribution in [3.63, 3.8) is 0 Å². The standard InChI is InChI=1S/C18H24N4O2/c1-6-24-14-9-7-13(8-10-14)21-16-11-15(19-12(2)20-16)17(23)22-18(3,4)5/h7-11H,6H2,1-5H3,(H,22,23)(H,19,20,21). The second-order valence-electron chi connectivity index (χ2n) is 6.47. The van der Waals surface area contributed by atoms with E-state index in [2.05, 4.69) is 20.6 Å². The van der Waals surface area contributed by atoms with E-state index in [1.54, 1.807) is 13.0 Å². The van der Waals surface area contributed by atoms with Gasteiger partial charge in [-0.15, -0.1) is 0 Å². The minimum absolute atomic E-state index is 0.220. The lowest BCUT2D eigenvalue weighted by molar-refractivity contribution is 0.0914. The maximum atomic E-state index is 12.3. The van der Waals surface area contributed by atoms with Crippen molar-refractivity contribution in [1.82, 2.24) is 15.3 Å². The van der Waals surface area contributed by atoms with Gasteiger partial charge >= 0.3 is 0 Å². The number of rotatable bonds is 5. The molecule has 2 N–H and O–H groups in total. The lowest BCUT2D eigenvalue weighted by Gasteiger charge is -2.20. The van der Waals surface area contributed by atoms with Crippen molar-refractivity contribution >= 4 is 17.4 Å². The molecule has 0 aliphatic rings. The zero-order valence-corrected chi connectivity index (χ0v) is 14.8. The summed E-state index contributed by atoms with van der Waals surface area (Å²) in [6.45, 7) is 10.1. The van der Waals surface area contributed by atoms with Gasteiger partial charge in [-0.3, -0.25) is 4.79 Å². The summed E-state index contributed by atoms with van der Waals surface area (Å²) in [5.74, 6) is 1.70. The Balaban J connectivity index is 2.17. The van der Waals surface area contributed by atoms with Gasteiger partial charge in [-0.25, -0.2) is 9.97 Å². The fourth-order valence-corrected chi connectivity index (χ4v) is 2.10. The molecule has 0 bridgehead atoms. The fraction of sp³-hybridized carbons (Fsp3) is 0.389. The molecule has 0 unspecified atom stereocenters. The molecule has 0 saturated heterocycles. The smallest absolute Gasteiger partial charge is 0.270 e. The molecule has 24 heavy (non-hydrogen) atoms. The maximum absolute atomic E-state index is 12.3. The molecule has 1 aromatic carbocycles. The van der Waals surface area contributed by atoms with E-state index in [1.165, 1.54) is 0 Å². The number of hydrogen-bond donors (Lipinski definition) is 2. The van der Waals surface area contributed by atoms with E-state index < -0.39 is 0 Å². The number of carbonyl (C=O) groups is 1. The molecule has 6 nitrogen and oxygen atoms in total. The van der Waals surface area contributed by atoms with Crippen LogP contribution in [0.4, 0.5) is 11.5 Å². The van der Waals surface area contributed by atoms with E-state index in [4.69, 9.17) is 4.74 Å². The summed E-state index contributed by atoms with van der Waals surface area (Å²) >= 11 is 0. The Morgan fingerprint density at radius 3 is 2.42 bits per heavy atom. The van der Waals surface area contributed by atoms with Crippen LogP contribution in [0, 0.1) is 6.92 Å². The number of amides is 1. The van der Waals surface area contributed by atoms with Crippen LogP contribution >= 0.6 is 0 Å². The molecule has 128 valence electrons. The van der Waals surface area contributed by atoms with Crippen LogP contribution in [-0.4, -0.2) is 28.0 Å². The molecule has 0 atom stereocenters. The van der Waals surface area contributed by atoms with Gasteiger partial charge in [-0.1, -0.05) is 0 Å². The first kappa shape index (κ1) is 17.7. The van der Waals surface area contributed by atoms with Crippen molar-refractivity contribution in [2.24, 2.45) is 0 Å². The van der Waals surface area contributed by atoms with Crippen LogP contribution in [0.3, 0.4) is 0 Å². The first-order chi connectivity index (χ1) is 11.3. The molecule has 2 rings (SSSR count). The summed E-state index contributed by atoms with van der Waals surface area (Å²) in [4.78, 5) is 20.8. The summed E-state index contributed by atoms with van der Waals surface area (Å²) in [5.41, 5.74) is 0.878. The Morgan fingerprint density at radius 2 is 1.83 bits per heavy atom. The molecule has 6 heteroatoms. The van der Waals surface area contributed by atoms with Crippen molar-refractivity contribution in [3.05, 3.63) is 41.9 Å². The molecule has 0 radical (unpaired) electrons. The number of nitrogens with one attached hydrogen (secondary N) is 2. The molecule has 0 aliphatic carbocycles. The van der Waals surface area contributed by atoms with Gasteiger partial charge in [0.05, 0.1) is 6.61 Å². The predicted octanol–water partition coefficient (Wildman–Crippen LogP) is 3.46. The lowest BCUT2D eigenvalue weighted by atomic mass is 10.1. The number of hydrogen-bond acceptors (Lipinski definition) is 5. The Labute approximate surface area is 142 Å². The minimum Gasteiger partial charge on any atom is -0.494 e. The largest absolute Gasteiger partial charge is 0.494 e. The Morgan fingerprint density at radius 1 is 1.17 bits per heavy atom. The van der Waals surface area contributed by atoms with E-state index in [0.717, 1.165) is 11.4 Å². The third-order valence-corrected chi connectivity index (χ3v) is 3.00. The number of aromatic nitrogens is 2. The third-order valence-electron chi connectivity index (χ3n) is 3.00. The number of nitrogens with zero attached hydrogens (tertiary/aromatic N) is 2. The number of anilines is 2. The normalized spacial score (nSPS) is 11.0. The molecule has 1 aromatic heterocycles. The average molecular weight is 328 g/mol. The molecule has 0 aliphatic heterocycles. The van der Waals surface area contributed by atoms with Crippen molar-refractivity contribution in [2.45, 2.75) is 40.2 Å². The highest BCUT2D eigenvalue weighted by Gasteiger charge is 2.17. The first-order valence-corrected chi connectivity index (χ1v) is 7.95. The Hall–Kier alpha value is -2.63. The number of ether oxygens (including phenoxy) is 1. The van der Waals surface area contributed by atoms with Crippen molar-refractivity contribution in [1.29, 1.82) is 0 Å². The quantitative estimate of drug-likeness (QED) is 0.879. The van der Waals surface area contributed by atoms with Gasteiger partial charge in [0.1, 0.15) is 23.1 Å². The maximum Gasteiger partial charge on any atom is 0.270 e. The molecule has 2 aromatic rings. The van der Waals surface area contributed by atoms with Gasteiger partial charge in [-0.05, 0) is 58.9 Å².